The molecule has 1 aromatic carbocycles. The quantitative estimate of drug-likeness (QED) is 0.784. The van der Waals surface area contributed by atoms with Crippen LogP contribution in [0.2, 0.25) is 0 Å². The van der Waals surface area contributed by atoms with Crippen molar-refractivity contribution in [3.8, 4) is 0 Å². The molecule has 0 aliphatic carbocycles. The van der Waals surface area contributed by atoms with Gasteiger partial charge in [-0.15, -0.1) is 0 Å². The summed E-state index contributed by atoms with van der Waals surface area (Å²) in [5.41, 5.74) is 1.90. The maximum Gasteiger partial charge on any atom is 0.136 e. The molecular formula is C14H14BrFN2. The third-order valence-corrected chi connectivity index (χ3v) is 3.31. The molecule has 0 aliphatic heterocycles. The summed E-state index contributed by atoms with van der Waals surface area (Å²) in [4.78, 5) is 6.40. The van der Waals surface area contributed by atoms with Crippen LogP contribution < -0.4 is 4.90 Å². The Balaban J connectivity index is 2.45. The molecule has 0 aliphatic rings. The minimum Gasteiger partial charge on any atom is -0.326 e. The number of alkyl halides is 1. The SMILES string of the molecule is CCN(c1cccc(F)c1)c1ncccc1CBr. The Bertz CT molecular complexity index is 531. The van der Waals surface area contributed by atoms with Gasteiger partial charge in [-0.05, 0) is 31.2 Å². The van der Waals surface area contributed by atoms with Gasteiger partial charge in [0, 0.05) is 29.3 Å². The van der Waals surface area contributed by atoms with Gasteiger partial charge in [-0.2, -0.15) is 0 Å². The third kappa shape index (κ3) is 2.70. The molecular weight excluding hydrogens is 295 g/mol. The number of halogens is 2. The summed E-state index contributed by atoms with van der Waals surface area (Å²) in [7, 11) is 0. The number of benzene rings is 1. The maximum atomic E-state index is 13.3. The van der Waals surface area contributed by atoms with E-state index in [1.165, 1.54) is 12.1 Å². The van der Waals surface area contributed by atoms with E-state index in [4.69, 9.17) is 0 Å². The number of anilines is 2. The van der Waals surface area contributed by atoms with Gasteiger partial charge in [0.2, 0.25) is 0 Å². The molecule has 2 nitrogen and oxygen atoms in total. The summed E-state index contributed by atoms with van der Waals surface area (Å²) in [5.74, 6) is 0.629. The second-order valence-electron chi connectivity index (χ2n) is 3.84. The molecule has 0 spiro atoms. The third-order valence-electron chi connectivity index (χ3n) is 2.70. The molecule has 1 heterocycles. The lowest BCUT2D eigenvalue weighted by atomic mass is 10.2. The van der Waals surface area contributed by atoms with Crippen molar-refractivity contribution in [3.05, 3.63) is 54.0 Å². The zero-order valence-corrected chi connectivity index (χ0v) is 11.7. The molecule has 0 bridgehead atoms. The van der Waals surface area contributed by atoms with E-state index >= 15 is 0 Å². The maximum absolute atomic E-state index is 13.3. The first-order valence-electron chi connectivity index (χ1n) is 5.79. The van der Waals surface area contributed by atoms with E-state index in [9.17, 15) is 4.39 Å². The van der Waals surface area contributed by atoms with Gasteiger partial charge in [-0.1, -0.05) is 28.1 Å². The summed E-state index contributed by atoms with van der Waals surface area (Å²) < 4.78 is 13.3. The molecule has 94 valence electrons. The van der Waals surface area contributed by atoms with Gasteiger partial charge in [0.25, 0.3) is 0 Å². The zero-order chi connectivity index (χ0) is 13.0. The molecule has 0 fully saturated rings. The fourth-order valence-corrected chi connectivity index (χ4v) is 2.31. The Morgan fingerprint density at radius 3 is 2.78 bits per heavy atom. The van der Waals surface area contributed by atoms with Crippen molar-refractivity contribution in [1.29, 1.82) is 0 Å². The van der Waals surface area contributed by atoms with E-state index < -0.39 is 0 Å². The van der Waals surface area contributed by atoms with Crippen LogP contribution in [0, 0.1) is 5.82 Å². The molecule has 0 N–H and O–H groups in total. The number of aromatic nitrogens is 1. The highest BCUT2D eigenvalue weighted by molar-refractivity contribution is 9.08. The van der Waals surface area contributed by atoms with Crippen molar-refractivity contribution in [1.82, 2.24) is 4.98 Å². The molecule has 0 saturated carbocycles. The van der Waals surface area contributed by atoms with Crippen LogP contribution in [0.25, 0.3) is 0 Å². The lowest BCUT2D eigenvalue weighted by molar-refractivity contribution is 0.627. The molecule has 0 unspecified atom stereocenters. The lowest BCUT2D eigenvalue weighted by Crippen LogP contribution is -2.18. The van der Waals surface area contributed by atoms with Crippen LogP contribution in [0.3, 0.4) is 0 Å². The normalized spacial score (nSPS) is 10.4. The van der Waals surface area contributed by atoms with Gasteiger partial charge in [-0.25, -0.2) is 9.37 Å². The smallest absolute Gasteiger partial charge is 0.136 e. The van der Waals surface area contributed by atoms with Crippen molar-refractivity contribution in [2.24, 2.45) is 0 Å². The number of hydrogen-bond acceptors (Lipinski definition) is 2. The first-order chi connectivity index (χ1) is 8.76. The molecule has 1 aromatic heterocycles. The largest absolute Gasteiger partial charge is 0.326 e. The van der Waals surface area contributed by atoms with Crippen LogP contribution in [0.1, 0.15) is 12.5 Å². The van der Waals surface area contributed by atoms with Crippen molar-refractivity contribution < 1.29 is 4.39 Å². The molecule has 0 amide bonds. The van der Waals surface area contributed by atoms with E-state index in [1.54, 1.807) is 12.3 Å². The first-order valence-corrected chi connectivity index (χ1v) is 6.91. The second-order valence-corrected chi connectivity index (χ2v) is 4.40. The van der Waals surface area contributed by atoms with E-state index in [1.807, 2.05) is 30.0 Å². The minimum atomic E-state index is -0.234. The van der Waals surface area contributed by atoms with Crippen LogP contribution in [-0.4, -0.2) is 11.5 Å². The molecule has 0 atom stereocenters. The van der Waals surface area contributed by atoms with E-state index in [0.29, 0.717) is 0 Å². The van der Waals surface area contributed by atoms with Crippen molar-refractivity contribution in [2.75, 3.05) is 11.4 Å². The van der Waals surface area contributed by atoms with E-state index in [2.05, 4.69) is 20.9 Å². The van der Waals surface area contributed by atoms with Crippen LogP contribution in [0.5, 0.6) is 0 Å². The predicted molar refractivity (Wildman–Crippen MR) is 75.9 cm³/mol. The highest BCUT2D eigenvalue weighted by Crippen LogP contribution is 2.27. The Morgan fingerprint density at radius 1 is 1.28 bits per heavy atom. The average molecular weight is 309 g/mol. The van der Waals surface area contributed by atoms with E-state index in [-0.39, 0.29) is 5.82 Å². The second kappa shape index (κ2) is 5.96. The zero-order valence-electron chi connectivity index (χ0n) is 10.1. The molecule has 2 rings (SSSR count). The highest BCUT2D eigenvalue weighted by Gasteiger charge is 2.12. The molecule has 0 saturated heterocycles. The van der Waals surface area contributed by atoms with Gasteiger partial charge >= 0.3 is 0 Å². The molecule has 18 heavy (non-hydrogen) atoms. The van der Waals surface area contributed by atoms with Crippen molar-refractivity contribution in [2.45, 2.75) is 12.3 Å². The van der Waals surface area contributed by atoms with Gasteiger partial charge in [0.1, 0.15) is 11.6 Å². The topological polar surface area (TPSA) is 16.1 Å². The Morgan fingerprint density at radius 2 is 2.11 bits per heavy atom. The summed E-state index contributed by atoms with van der Waals surface area (Å²) >= 11 is 3.45. The predicted octanol–water partition coefficient (Wildman–Crippen LogP) is 4.27. The monoisotopic (exact) mass is 308 g/mol. The van der Waals surface area contributed by atoms with Crippen LogP contribution in [0.15, 0.2) is 42.6 Å². The fourth-order valence-electron chi connectivity index (χ4n) is 1.88. The highest BCUT2D eigenvalue weighted by atomic mass is 79.9. The standard InChI is InChI=1S/C14H14BrFN2/c1-2-18(13-7-3-6-12(16)9-13)14-11(10-15)5-4-8-17-14/h3-9H,2,10H2,1H3. The average Bonchev–Trinajstić information content (AvgIpc) is 2.40. The fraction of sp³-hybridized carbons (Fsp3) is 0.214. The van der Waals surface area contributed by atoms with Crippen LogP contribution >= 0.6 is 15.9 Å². The number of hydrogen-bond donors (Lipinski definition) is 0. The summed E-state index contributed by atoms with van der Waals surface area (Å²) in [6, 6.07) is 10.5. The Hall–Kier alpha value is -1.42. The summed E-state index contributed by atoms with van der Waals surface area (Å²) in [6.45, 7) is 2.76. The van der Waals surface area contributed by atoms with Crippen LogP contribution in [0.4, 0.5) is 15.9 Å². The molecule has 2 aromatic rings. The minimum absolute atomic E-state index is 0.234. The van der Waals surface area contributed by atoms with Crippen molar-refractivity contribution in [3.63, 3.8) is 0 Å². The van der Waals surface area contributed by atoms with Gasteiger partial charge in [0.05, 0.1) is 0 Å². The van der Waals surface area contributed by atoms with Crippen LogP contribution in [-0.2, 0) is 5.33 Å². The Labute approximate surface area is 115 Å². The summed E-state index contributed by atoms with van der Waals surface area (Å²) in [6.07, 6.45) is 1.75. The number of nitrogens with zero attached hydrogens (tertiary/aromatic N) is 2. The summed E-state index contributed by atoms with van der Waals surface area (Å²) in [5, 5.41) is 0.724. The molecule has 0 radical (unpaired) electrons. The van der Waals surface area contributed by atoms with Gasteiger partial charge < -0.3 is 4.90 Å². The van der Waals surface area contributed by atoms with Crippen molar-refractivity contribution >= 4 is 27.4 Å². The number of rotatable bonds is 4. The number of pyridine rings is 1. The van der Waals surface area contributed by atoms with Gasteiger partial charge in [-0.3, -0.25) is 0 Å². The van der Waals surface area contributed by atoms with Gasteiger partial charge in [0.15, 0.2) is 0 Å². The lowest BCUT2D eigenvalue weighted by Gasteiger charge is -2.24. The molecule has 4 heteroatoms. The first kappa shape index (κ1) is 13.0. The van der Waals surface area contributed by atoms with E-state index in [0.717, 1.165) is 28.9 Å². The Kier molecular flexibility index (Phi) is 4.31.